The van der Waals surface area contributed by atoms with Crippen molar-refractivity contribution in [2.75, 3.05) is 0 Å². The molecule has 1 rings (SSSR count). The predicted octanol–water partition coefficient (Wildman–Crippen LogP) is 2.29. The lowest BCUT2D eigenvalue weighted by Gasteiger charge is -2.00. The number of rotatable bonds is 3. The Kier molecular flexibility index (Phi) is 3.64. The van der Waals surface area contributed by atoms with Gasteiger partial charge in [-0.25, -0.2) is 0 Å². The summed E-state index contributed by atoms with van der Waals surface area (Å²) >= 11 is 2.08. The number of nitrogens with zero attached hydrogens (tertiary/aromatic N) is 3. The van der Waals surface area contributed by atoms with Gasteiger partial charge in [-0.2, -0.15) is 4.98 Å². The summed E-state index contributed by atoms with van der Waals surface area (Å²) in [5.41, 5.74) is 0. The van der Waals surface area contributed by atoms with Gasteiger partial charge < -0.3 is 4.52 Å². The molecule has 0 bridgehead atoms. The molecule has 0 amide bonds. The molecule has 12 heavy (non-hydrogen) atoms. The van der Waals surface area contributed by atoms with Crippen molar-refractivity contribution in [3.8, 4) is 0 Å². The number of aromatic nitrogens is 2. The van der Waals surface area contributed by atoms with Crippen molar-refractivity contribution in [3.63, 3.8) is 0 Å². The third kappa shape index (κ3) is 2.26. The molecule has 0 aliphatic rings. The molecule has 0 saturated carbocycles. The van der Waals surface area contributed by atoms with Crippen LogP contribution in [0, 0.1) is 6.92 Å². The van der Waals surface area contributed by atoms with E-state index in [0.717, 1.165) is 6.42 Å². The molecule has 0 fully saturated rings. The summed E-state index contributed by atoms with van der Waals surface area (Å²) in [6.45, 7) is 3.83. The zero-order chi connectivity index (χ0) is 8.97. The van der Waals surface area contributed by atoms with Crippen LogP contribution in [-0.2, 0) is 0 Å². The molecule has 1 aromatic rings. The lowest BCUT2D eigenvalue weighted by Crippen LogP contribution is -1.93. The first-order chi connectivity index (χ1) is 5.77. The van der Waals surface area contributed by atoms with Gasteiger partial charge in [0, 0.05) is 0 Å². The third-order valence-electron chi connectivity index (χ3n) is 1.45. The molecule has 0 aliphatic carbocycles. The fourth-order valence-corrected chi connectivity index (χ4v) is 1.25. The molecule has 0 aromatic carbocycles. The number of halogens is 1. The van der Waals surface area contributed by atoms with E-state index in [1.807, 2.05) is 6.92 Å². The highest BCUT2D eigenvalue weighted by Gasteiger charge is 2.13. The smallest absolute Gasteiger partial charge is 0.251 e. The lowest BCUT2D eigenvalue weighted by molar-refractivity contribution is 0.350. The van der Waals surface area contributed by atoms with Gasteiger partial charge >= 0.3 is 0 Å². The third-order valence-corrected chi connectivity index (χ3v) is 1.77. The van der Waals surface area contributed by atoms with Gasteiger partial charge in [0.1, 0.15) is 6.04 Å². The van der Waals surface area contributed by atoms with E-state index in [9.17, 15) is 0 Å². The maximum Gasteiger partial charge on any atom is 0.251 e. The Morgan fingerprint density at radius 1 is 1.75 bits per heavy atom. The van der Waals surface area contributed by atoms with E-state index in [-0.39, 0.29) is 6.04 Å². The number of hydrogen-bond donors (Lipinski definition) is 0. The fraction of sp³-hybridized carbons (Fsp3) is 0.571. The molecule has 0 N–H and O–H groups in total. The van der Waals surface area contributed by atoms with Crippen LogP contribution in [0.3, 0.4) is 0 Å². The van der Waals surface area contributed by atoms with E-state index >= 15 is 0 Å². The van der Waals surface area contributed by atoms with Crippen LogP contribution in [0.2, 0.25) is 0 Å². The summed E-state index contributed by atoms with van der Waals surface area (Å²) in [5, 5.41) is 3.71. The minimum absolute atomic E-state index is 0.0168. The second kappa shape index (κ2) is 4.54. The number of aryl methyl sites for hydroxylation is 1. The van der Waals surface area contributed by atoms with Crippen molar-refractivity contribution in [2.45, 2.75) is 26.3 Å². The molecule has 1 heterocycles. The maximum atomic E-state index is 4.99. The van der Waals surface area contributed by atoms with Gasteiger partial charge in [0.15, 0.2) is 5.82 Å². The first kappa shape index (κ1) is 9.63. The standard InChI is InChI=1S/C7H10IN3O/c1-3-6(9-4-8)7-10-5(2)11-12-7/h4,6H,3H2,1-2H3/t6-/m1/s1. The Morgan fingerprint density at radius 2 is 2.50 bits per heavy atom. The Morgan fingerprint density at radius 3 is 2.92 bits per heavy atom. The summed E-state index contributed by atoms with van der Waals surface area (Å²) in [6, 6.07) is 0.0168. The van der Waals surface area contributed by atoms with Crippen LogP contribution in [0.15, 0.2) is 9.52 Å². The van der Waals surface area contributed by atoms with Crippen LogP contribution in [0.25, 0.3) is 0 Å². The highest BCUT2D eigenvalue weighted by atomic mass is 127. The first-order valence-corrected chi connectivity index (χ1v) is 4.94. The Balaban J connectivity index is 2.79. The molecule has 0 spiro atoms. The Labute approximate surface area is 84.6 Å². The van der Waals surface area contributed by atoms with Gasteiger partial charge in [-0.1, -0.05) is 12.1 Å². The molecular weight excluding hydrogens is 269 g/mol. The van der Waals surface area contributed by atoms with Crippen molar-refractivity contribution in [3.05, 3.63) is 11.7 Å². The van der Waals surface area contributed by atoms with Crippen LogP contribution in [0.5, 0.6) is 0 Å². The SMILES string of the molecule is CC[C@@H](N=CI)c1nc(C)no1. The summed E-state index contributed by atoms with van der Waals surface area (Å²) in [4.78, 5) is 8.30. The molecule has 0 saturated heterocycles. The predicted molar refractivity (Wildman–Crippen MR) is 54.6 cm³/mol. The van der Waals surface area contributed by atoms with Crippen LogP contribution in [-0.4, -0.2) is 14.4 Å². The zero-order valence-corrected chi connectivity index (χ0v) is 9.15. The maximum absolute atomic E-state index is 4.99. The van der Waals surface area contributed by atoms with Gasteiger partial charge in [-0.3, -0.25) is 4.99 Å². The van der Waals surface area contributed by atoms with E-state index in [0.29, 0.717) is 11.7 Å². The topological polar surface area (TPSA) is 51.3 Å². The van der Waals surface area contributed by atoms with Gasteiger partial charge in [0.2, 0.25) is 0 Å². The van der Waals surface area contributed by atoms with E-state index in [2.05, 4.69) is 37.7 Å². The lowest BCUT2D eigenvalue weighted by atomic mass is 10.2. The highest BCUT2D eigenvalue weighted by Crippen LogP contribution is 2.18. The highest BCUT2D eigenvalue weighted by molar-refractivity contribution is 14.1. The summed E-state index contributed by atoms with van der Waals surface area (Å²) in [6.07, 6.45) is 0.876. The van der Waals surface area contributed by atoms with Crippen molar-refractivity contribution >= 4 is 26.8 Å². The van der Waals surface area contributed by atoms with E-state index < -0.39 is 0 Å². The van der Waals surface area contributed by atoms with E-state index in [1.165, 1.54) is 0 Å². The van der Waals surface area contributed by atoms with Crippen LogP contribution < -0.4 is 0 Å². The second-order valence-electron chi connectivity index (χ2n) is 2.35. The van der Waals surface area contributed by atoms with Crippen LogP contribution in [0.1, 0.15) is 31.1 Å². The normalized spacial score (nSPS) is 13.9. The molecule has 5 heteroatoms. The van der Waals surface area contributed by atoms with Crippen LogP contribution in [0.4, 0.5) is 0 Å². The Hall–Kier alpha value is -0.460. The monoisotopic (exact) mass is 279 g/mol. The summed E-state index contributed by atoms with van der Waals surface area (Å²) in [7, 11) is 0. The molecule has 1 atom stereocenters. The largest absolute Gasteiger partial charge is 0.337 e. The zero-order valence-electron chi connectivity index (χ0n) is 6.99. The van der Waals surface area contributed by atoms with Crippen molar-refractivity contribution < 1.29 is 4.52 Å². The van der Waals surface area contributed by atoms with Gasteiger partial charge in [-0.05, 0) is 35.9 Å². The van der Waals surface area contributed by atoms with Crippen LogP contribution >= 0.6 is 22.6 Å². The molecular formula is C7H10IN3O. The van der Waals surface area contributed by atoms with Crippen molar-refractivity contribution in [1.29, 1.82) is 0 Å². The van der Waals surface area contributed by atoms with Gasteiger partial charge in [-0.15, -0.1) is 0 Å². The van der Waals surface area contributed by atoms with Gasteiger partial charge in [0.25, 0.3) is 5.89 Å². The molecule has 0 radical (unpaired) electrons. The average molecular weight is 279 g/mol. The first-order valence-electron chi connectivity index (χ1n) is 3.70. The molecule has 1 aromatic heterocycles. The van der Waals surface area contributed by atoms with Crippen molar-refractivity contribution in [1.82, 2.24) is 10.1 Å². The number of hydrogen-bond acceptors (Lipinski definition) is 4. The fourth-order valence-electron chi connectivity index (χ4n) is 0.860. The molecule has 0 aliphatic heterocycles. The average Bonchev–Trinajstić information content (AvgIpc) is 2.47. The molecule has 0 unspecified atom stereocenters. The second-order valence-corrected chi connectivity index (χ2v) is 2.91. The number of aliphatic imine (C=N–C) groups is 1. The quantitative estimate of drug-likeness (QED) is 0.630. The summed E-state index contributed by atoms with van der Waals surface area (Å²) in [5.74, 6) is 1.26. The molecule has 4 nitrogen and oxygen atoms in total. The van der Waals surface area contributed by atoms with E-state index in [1.54, 1.807) is 11.1 Å². The summed E-state index contributed by atoms with van der Waals surface area (Å²) < 4.78 is 6.72. The minimum atomic E-state index is 0.0168. The van der Waals surface area contributed by atoms with E-state index in [4.69, 9.17) is 4.52 Å². The minimum Gasteiger partial charge on any atom is -0.337 e. The van der Waals surface area contributed by atoms with Crippen molar-refractivity contribution in [2.24, 2.45) is 4.99 Å². The Bertz CT molecular complexity index is 271. The molecule has 66 valence electrons. The van der Waals surface area contributed by atoms with Gasteiger partial charge in [0.05, 0.1) is 4.22 Å².